The average molecular weight is 238 g/mol. The van der Waals surface area contributed by atoms with Crippen molar-refractivity contribution in [2.24, 2.45) is 0 Å². The second kappa shape index (κ2) is 4.33. The summed E-state index contributed by atoms with van der Waals surface area (Å²) < 4.78 is 0. The number of aromatic nitrogens is 2. The second-order valence-electron chi connectivity index (χ2n) is 4.81. The van der Waals surface area contributed by atoms with E-state index in [0.717, 1.165) is 12.0 Å². The SMILES string of the molecule is Cc1cnc(C(=O)CC2Cc3ccccc32)nc1. The van der Waals surface area contributed by atoms with E-state index in [0.29, 0.717) is 18.2 Å². The number of rotatable bonds is 3. The van der Waals surface area contributed by atoms with E-state index in [2.05, 4.69) is 22.1 Å². The maximum absolute atomic E-state index is 12.0. The van der Waals surface area contributed by atoms with Crippen molar-refractivity contribution in [2.45, 2.75) is 25.7 Å². The predicted octanol–water partition coefficient (Wildman–Crippen LogP) is 2.70. The Morgan fingerprint density at radius 2 is 2.00 bits per heavy atom. The minimum atomic E-state index is 0.0366. The molecule has 3 heteroatoms. The topological polar surface area (TPSA) is 42.9 Å². The molecule has 1 aromatic heterocycles. The molecule has 0 bridgehead atoms. The van der Waals surface area contributed by atoms with Crippen LogP contribution in [-0.4, -0.2) is 15.8 Å². The van der Waals surface area contributed by atoms with Crippen LogP contribution in [0.3, 0.4) is 0 Å². The van der Waals surface area contributed by atoms with Crippen molar-refractivity contribution >= 4 is 5.78 Å². The Bertz CT molecular complexity index is 590. The van der Waals surface area contributed by atoms with Crippen LogP contribution in [0.15, 0.2) is 36.7 Å². The third-order valence-corrected chi connectivity index (χ3v) is 3.42. The van der Waals surface area contributed by atoms with Crippen molar-refractivity contribution in [3.8, 4) is 0 Å². The first-order valence-electron chi connectivity index (χ1n) is 6.13. The minimum Gasteiger partial charge on any atom is -0.291 e. The normalized spacial score (nSPS) is 16.8. The number of nitrogens with zero attached hydrogens (tertiary/aromatic N) is 2. The van der Waals surface area contributed by atoms with E-state index in [4.69, 9.17) is 0 Å². The summed E-state index contributed by atoms with van der Waals surface area (Å²) in [4.78, 5) is 20.2. The Balaban J connectivity index is 1.72. The van der Waals surface area contributed by atoms with Gasteiger partial charge in [0.25, 0.3) is 0 Å². The second-order valence-corrected chi connectivity index (χ2v) is 4.81. The highest BCUT2D eigenvalue weighted by molar-refractivity contribution is 5.93. The van der Waals surface area contributed by atoms with Gasteiger partial charge in [0.15, 0.2) is 5.82 Å². The van der Waals surface area contributed by atoms with Crippen molar-refractivity contribution in [1.82, 2.24) is 9.97 Å². The van der Waals surface area contributed by atoms with Crippen molar-refractivity contribution in [3.05, 3.63) is 59.2 Å². The lowest BCUT2D eigenvalue weighted by molar-refractivity contribution is 0.0960. The van der Waals surface area contributed by atoms with E-state index in [1.165, 1.54) is 11.1 Å². The smallest absolute Gasteiger partial charge is 0.200 e. The minimum absolute atomic E-state index is 0.0366. The molecule has 1 unspecified atom stereocenters. The Labute approximate surface area is 106 Å². The number of Topliss-reactive ketones (excluding diaryl/α,β-unsaturated/α-hetero) is 1. The van der Waals surface area contributed by atoms with E-state index in [9.17, 15) is 4.79 Å². The standard InChI is InChI=1S/C15H14N2O/c1-10-8-16-15(17-9-10)14(18)7-12-6-11-4-2-3-5-13(11)12/h2-5,8-9,12H,6-7H2,1H3. The van der Waals surface area contributed by atoms with E-state index < -0.39 is 0 Å². The zero-order valence-corrected chi connectivity index (χ0v) is 10.3. The zero-order valence-electron chi connectivity index (χ0n) is 10.3. The molecule has 1 heterocycles. The summed E-state index contributed by atoms with van der Waals surface area (Å²) in [6.45, 7) is 1.91. The molecule has 0 amide bonds. The van der Waals surface area contributed by atoms with E-state index in [-0.39, 0.29) is 5.78 Å². The first-order valence-corrected chi connectivity index (χ1v) is 6.13. The van der Waals surface area contributed by atoms with E-state index >= 15 is 0 Å². The fourth-order valence-corrected chi connectivity index (χ4v) is 2.40. The first kappa shape index (κ1) is 11.1. The van der Waals surface area contributed by atoms with Gasteiger partial charge in [0.1, 0.15) is 0 Å². The number of hydrogen-bond acceptors (Lipinski definition) is 3. The largest absolute Gasteiger partial charge is 0.291 e. The quantitative estimate of drug-likeness (QED) is 0.772. The van der Waals surface area contributed by atoms with Gasteiger partial charge in [-0.1, -0.05) is 24.3 Å². The summed E-state index contributed by atoms with van der Waals surface area (Å²) in [6, 6.07) is 8.29. The van der Waals surface area contributed by atoms with Gasteiger partial charge < -0.3 is 0 Å². The molecule has 1 aliphatic rings. The summed E-state index contributed by atoms with van der Waals surface area (Å²) in [5, 5.41) is 0. The third kappa shape index (κ3) is 1.92. The van der Waals surface area contributed by atoms with Crippen LogP contribution in [0.25, 0.3) is 0 Å². The van der Waals surface area contributed by atoms with E-state index in [1.54, 1.807) is 12.4 Å². The molecular formula is C15H14N2O. The third-order valence-electron chi connectivity index (χ3n) is 3.42. The summed E-state index contributed by atoms with van der Waals surface area (Å²) in [5.41, 5.74) is 3.64. The van der Waals surface area contributed by atoms with Gasteiger partial charge in [-0.05, 0) is 36.0 Å². The summed E-state index contributed by atoms with van der Waals surface area (Å²) in [6.07, 6.45) is 4.89. The Morgan fingerprint density at radius 3 is 2.72 bits per heavy atom. The molecule has 0 N–H and O–H groups in total. The zero-order chi connectivity index (χ0) is 12.5. The van der Waals surface area contributed by atoms with Crippen molar-refractivity contribution < 1.29 is 4.79 Å². The molecule has 0 fully saturated rings. The molecule has 0 saturated carbocycles. The van der Waals surface area contributed by atoms with Crippen LogP contribution < -0.4 is 0 Å². The van der Waals surface area contributed by atoms with Crippen LogP contribution in [0.4, 0.5) is 0 Å². The molecule has 0 spiro atoms. The maximum atomic E-state index is 12.0. The van der Waals surface area contributed by atoms with Crippen molar-refractivity contribution in [2.75, 3.05) is 0 Å². The molecule has 90 valence electrons. The van der Waals surface area contributed by atoms with Crippen LogP contribution in [0.5, 0.6) is 0 Å². The molecule has 0 aliphatic heterocycles. The van der Waals surface area contributed by atoms with Crippen molar-refractivity contribution in [3.63, 3.8) is 0 Å². The van der Waals surface area contributed by atoms with Crippen LogP contribution in [0, 0.1) is 6.92 Å². The Kier molecular flexibility index (Phi) is 2.67. The van der Waals surface area contributed by atoms with Gasteiger partial charge in [-0.25, -0.2) is 9.97 Å². The lowest BCUT2D eigenvalue weighted by Gasteiger charge is -2.29. The molecule has 1 aromatic carbocycles. The molecule has 18 heavy (non-hydrogen) atoms. The number of carbonyl (C=O) groups is 1. The molecule has 3 rings (SSSR count). The average Bonchev–Trinajstić information content (AvgIpc) is 2.36. The number of carbonyl (C=O) groups excluding carboxylic acids is 1. The Morgan fingerprint density at radius 1 is 1.28 bits per heavy atom. The van der Waals surface area contributed by atoms with Gasteiger partial charge >= 0.3 is 0 Å². The molecule has 1 aliphatic carbocycles. The van der Waals surface area contributed by atoms with Crippen LogP contribution in [0.1, 0.15) is 39.6 Å². The Hall–Kier alpha value is -2.03. The number of aryl methyl sites for hydroxylation is 1. The number of ketones is 1. The van der Waals surface area contributed by atoms with Crippen molar-refractivity contribution in [1.29, 1.82) is 0 Å². The van der Waals surface area contributed by atoms with Gasteiger partial charge in [-0.15, -0.1) is 0 Å². The van der Waals surface area contributed by atoms with Crippen LogP contribution in [0.2, 0.25) is 0 Å². The molecule has 3 nitrogen and oxygen atoms in total. The van der Waals surface area contributed by atoms with Gasteiger partial charge in [0.05, 0.1) is 0 Å². The highest BCUT2D eigenvalue weighted by atomic mass is 16.1. The fraction of sp³-hybridized carbons (Fsp3) is 0.267. The number of hydrogen-bond donors (Lipinski definition) is 0. The summed E-state index contributed by atoms with van der Waals surface area (Å²) in [5.74, 6) is 0.720. The lowest BCUT2D eigenvalue weighted by Crippen LogP contribution is -2.21. The molecule has 2 aromatic rings. The molecule has 0 saturated heterocycles. The fourth-order valence-electron chi connectivity index (χ4n) is 2.40. The monoisotopic (exact) mass is 238 g/mol. The molecular weight excluding hydrogens is 224 g/mol. The van der Waals surface area contributed by atoms with Crippen LogP contribution in [-0.2, 0) is 6.42 Å². The van der Waals surface area contributed by atoms with E-state index in [1.807, 2.05) is 19.1 Å². The maximum Gasteiger partial charge on any atom is 0.200 e. The highest BCUT2D eigenvalue weighted by Crippen LogP contribution is 2.37. The summed E-state index contributed by atoms with van der Waals surface area (Å²) in [7, 11) is 0. The van der Waals surface area contributed by atoms with Gasteiger partial charge in [-0.3, -0.25) is 4.79 Å². The first-order chi connectivity index (χ1) is 8.74. The van der Waals surface area contributed by atoms with Gasteiger partial charge in [0, 0.05) is 18.8 Å². The lowest BCUT2D eigenvalue weighted by atomic mass is 9.75. The molecule has 1 atom stereocenters. The predicted molar refractivity (Wildman–Crippen MR) is 68.6 cm³/mol. The highest BCUT2D eigenvalue weighted by Gasteiger charge is 2.28. The van der Waals surface area contributed by atoms with Crippen LogP contribution >= 0.6 is 0 Å². The van der Waals surface area contributed by atoms with Gasteiger partial charge in [-0.2, -0.15) is 0 Å². The summed E-state index contributed by atoms with van der Waals surface area (Å²) >= 11 is 0. The number of fused-ring (bicyclic) bond motifs is 1. The number of benzene rings is 1. The van der Waals surface area contributed by atoms with Gasteiger partial charge in [0.2, 0.25) is 5.78 Å². The molecule has 0 radical (unpaired) electrons.